The molecular weight excluding hydrogens is 312 g/mol. The molecule has 1 aromatic heterocycles. The Morgan fingerprint density at radius 1 is 1.13 bits per heavy atom. The van der Waals surface area contributed by atoms with Crippen molar-refractivity contribution in [3.8, 4) is 5.75 Å². The molecule has 0 unspecified atom stereocenters. The van der Waals surface area contributed by atoms with Crippen LogP contribution in [-0.4, -0.2) is 32.0 Å². The Balaban J connectivity index is 1.68. The molecule has 120 valence electrons. The van der Waals surface area contributed by atoms with Gasteiger partial charge in [0.05, 0.1) is 12.0 Å². The van der Waals surface area contributed by atoms with E-state index in [0.717, 1.165) is 11.3 Å². The highest BCUT2D eigenvalue weighted by Gasteiger charge is 2.04. The minimum Gasteiger partial charge on any atom is -0.497 e. The Labute approximate surface area is 139 Å². The summed E-state index contributed by atoms with van der Waals surface area (Å²) in [6, 6.07) is 11.0. The van der Waals surface area contributed by atoms with Crippen molar-refractivity contribution in [1.82, 2.24) is 10.6 Å². The lowest BCUT2D eigenvalue weighted by Gasteiger charge is -2.04. The van der Waals surface area contributed by atoms with E-state index < -0.39 is 0 Å². The van der Waals surface area contributed by atoms with Gasteiger partial charge in [0.1, 0.15) is 5.75 Å². The Morgan fingerprint density at radius 3 is 2.52 bits per heavy atom. The number of nitrogens with one attached hydrogen (secondary N) is 2. The van der Waals surface area contributed by atoms with Crippen LogP contribution in [0, 0.1) is 0 Å². The molecule has 1 heterocycles. The van der Waals surface area contributed by atoms with Crippen molar-refractivity contribution in [1.29, 1.82) is 0 Å². The minimum absolute atomic E-state index is 0.122. The number of benzene rings is 1. The van der Waals surface area contributed by atoms with Crippen LogP contribution in [0.15, 0.2) is 47.9 Å². The van der Waals surface area contributed by atoms with E-state index in [1.165, 1.54) is 17.4 Å². The van der Waals surface area contributed by atoms with Crippen molar-refractivity contribution in [3.05, 3.63) is 58.3 Å². The molecule has 0 aliphatic rings. The summed E-state index contributed by atoms with van der Waals surface area (Å²) < 4.78 is 5.07. The summed E-state index contributed by atoms with van der Waals surface area (Å²) >= 11 is 1.38. The zero-order valence-corrected chi connectivity index (χ0v) is 13.6. The summed E-state index contributed by atoms with van der Waals surface area (Å²) in [7, 11) is 1.61. The molecule has 2 amide bonds. The molecule has 23 heavy (non-hydrogen) atoms. The van der Waals surface area contributed by atoms with Gasteiger partial charge in [0.25, 0.3) is 5.91 Å². The number of methoxy groups -OCH3 is 1. The van der Waals surface area contributed by atoms with E-state index in [1.54, 1.807) is 19.3 Å². The number of thiophene rings is 1. The van der Waals surface area contributed by atoms with Gasteiger partial charge in [0.2, 0.25) is 5.91 Å². The van der Waals surface area contributed by atoms with E-state index in [-0.39, 0.29) is 11.8 Å². The number of amides is 2. The molecule has 5 nitrogen and oxygen atoms in total. The number of rotatable bonds is 7. The van der Waals surface area contributed by atoms with Crippen LogP contribution in [0.5, 0.6) is 5.75 Å². The van der Waals surface area contributed by atoms with Gasteiger partial charge in [-0.3, -0.25) is 9.59 Å². The van der Waals surface area contributed by atoms with Crippen LogP contribution >= 0.6 is 11.3 Å². The van der Waals surface area contributed by atoms with Gasteiger partial charge in [-0.15, -0.1) is 11.3 Å². The summed E-state index contributed by atoms with van der Waals surface area (Å²) in [5.74, 6) is 0.447. The first-order valence-corrected chi connectivity index (χ1v) is 7.98. The van der Waals surface area contributed by atoms with E-state index in [1.807, 2.05) is 35.7 Å². The number of ether oxygens (including phenoxy) is 1. The van der Waals surface area contributed by atoms with Gasteiger partial charge < -0.3 is 15.4 Å². The van der Waals surface area contributed by atoms with E-state index in [0.29, 0.717) is 18.0 Å². The van der Waals surface area contributed by atoms with Gasteiger partial charge in [-0.05, 0) is 35.2 Å². The molecule has 0 fully saturated rings. The predicted molar refractivity (Wildman–Crippen MR) is 91.7 cm³/mol. The van der Waals surface area contributed by atoms with E-state index in [2.05, 4.69) is 10.6 Å². The highest BCUT2D eigenvalue weighted by Crippen LogP contribution is 2.12. The average molecular weight is 330 g/mol. The molecule has 0 bridgehead atoms. The van der Waals surface area contributed by atoms with Crippen LogP contribution in [-0.2, 0) is 4.79 Å². The van der Waals surface area contributed by atoms with Gasteiger partial charge in [-0.25, -0.2) is 0 Å². The highest BCUT2D eigenvalue weighted by atomic mass is 32.1. The van der Waals surface area contributed by atoms with Crippen LogP contribution < -0.4 is 15.4 Å². The van der Waals surface area contributed by atoms with Gasteiger partial charge in [0, 0.05) is 19.2 Å². The number of carbonyl (C=O) groups is 2. The zero-order chi connectivity index (χ0) is 16.5. The largest absolute Gasteiger partial charge is 0.497 e. The van der Waals surface area contributed by atoms with E-state index in [4.69, 9.17) is 4.74 Å². The van der Waals surface area contributed by atoms with Crippen LogP contribution in [0.4, 0.5) is 0 Å². The Hall–Kier alpha value is -2.60. The summed E-state index contributed by atoms with van der Waals surface area (Å²) in [5, 5.41) is 7.31. The first kappa shape index (κ1) is 16.8. The fourth-order valence-corrected chi connectivity index (χ4v) is 2.44. The first-order chi connectivity index (χ1) is 11.2. The van der Waals surface area contributed by atoms with Crippen molar-refractivity contribution < 1.29 is 14.3 Å². The molecule has 0 spiro atoms. The standard InChI is InChI=1S/C17H18N2O3S/c1-22-14-7-4-13(5-8-14)6-9-16(20)18-10-11-19-17(21)15-3-2-12-23-15/h2-9,12H,10-11H2,1H3,(H,18,20)(H,19,21)/b9-6+. The third kappa shape index (κ3) is 5.60. The zero-order valence-electron chi connectivity index (χ0n) is 12.7. The van der Waals surface area contributed by atoms with Crippen molar-refractivity contribution in [2.45, 2.75) is 0 Å². The van der Waals surface area contributed by atoms with Crippen LogP contribution in [0.3, 0.4) is 0 Å². The van der Waals surface area contributed by atoms with Gasteiger partial charge in [0.15, 0.2) is 0 Å². The molecule has 0 atom stereocenters. The average Bonchev–Trinajstić information content (AvgIpc) is 3.12. The Kier molecular flexibility index (Phi) is 6.38. The van der Waals surface area contributed by atoms with Crippen LogP contribution in [0.2, 0.25) is 0 Å². The quantitative estimate of drug-likeness (QED) is 0.605. The lowest BCUT2D eigenvalue weighted by molar-refractivity contribution is -0.116. The van der Waals surface area contributed by atoms with Crippen molar-refractivity contribution in [3.63, 3.8) is 0 Å². The van der Waals surface area contributed by atoms with Crippen molar-refractivity contribution in [2.75, 3.05) is 20.2 Å². The summed E-state index contributed by atoms with van der Waals surface area (Å²) in [6.45, 7) is 0.766. The van der Waals surface area contributed by atoms with Crippen molar-refractivity contribution >= 4 is 29.2 Å². The van der Waals surface area contributed by atoms with Crippen LogP contribution in [0.1, 0.15) is 15.2 Å². The van der Waals surface area contributed by atoms with E-state index in [9.17, 15) is 9.59 Å². The predicted octanol–water partition coefficient (Wildman–Crippen LogP) is 2.32. The van der Waals surface area contributed by atoms with E-state index >= 15 is 0 Å². The Morgan fingerprint density at radius 2 is 1.87 bits per heavy atom. The molecule has 2 N–H and O–H groups in total. The number of hydrogen-bond donors (Lipinski definition) is 2. The number of hydrogen-bond acceptors (Lipinski definition) is 4. The molecular formula is C17H18N2O3S. The second kappa shape index (κ2) is 8.75. The topological polar surface area (TPSA) is 67.4 Å². The lowest BCUT2D eigenvalue weighted by Crippen LogP contribution is -2.33. The normalized spacial score (nSPS) is 10.5. The Bertz CT molecular complexity index is 664. The molecule has 1 aromatic carbocycles. The molecule has 2 aromatic rings. The molecule has 0 saturated heterocycles. The molecule has 0 radical (unpaired) electrons. The van der Waals surface area contributed by atoms with Gasteiger partial charge in [-0.2, -0.15) is 0 Å². The van der Waals surface area contributed by atoms with Crippen molar-refractivity contribution in [2.24, 2.45) is 0 Å². The second-order valence-electron chi connectivity index (χ2n) is 4.63. The molecule has 6 heteroatoms. The molecule has 0 saturated carbocycles. The molecule has 0 aliphatic carbocycles. The molecule has 0 aliphatic heterocycles. The maximum Gasteiger partial charge on any atom is 0.261 e. The summed E-state index contributed by atoms with van der Waals surface area (Å²) in [6.07, 6.45) is 3.18. The van der Waals surface area contributed by atoms with Gasteiger partial charge >= 0.3 is 0 Å². The SMILES string of the molecule is COc1ccc(/C=C/C(=O)NCCNC(=O)c2cccs2)cc1. The smallest absolute Gasteiger partial charge is 0.261 e. The third-order valence-electron chi connectivity index (χ3n) is 3.00. The highest BCUT2D eigenvalue weighted by molar-refractivity contribution is 7.12. The van der Waals surface area contributed by atoms with Gasteiger partial charge in [-0.1, -0.05) is 18.2 Å². The number of carbonyl (C=O) groups excluding carboxylic acids is 2. The fraction of sp³-hybridized carbons (Fsp3) is 0.176. The lowest BCUT2D eigenvalue weighted by atomic mass is 10.2. The monoisotopic (exact) mass is 330 g/mol. The fourth-order valence-electron chi connectivity index (χ4n) is 1.80. The first-order valence-electron chi connectivity index (χ1n) is 7.10. The third-order valence-corrected chi connectivity index (χ3v) is 3.87. The van der Waals surface area contributed by atoms with Crippen LogP contribution in [0.25, 0.3) is 6.08 Å². The molecule has 2 rings (SSSR count). The minimum atomic E-state index is -0.203. The summed E-state index contributed by atoms with van der Waals surface area (Å²) in [4.78, 5) is 24.0. The second-order valence-corrected chi connectivity index (χ2v) is 5.58. The maximum atomic E-state index is 11.7. The summed E-state index contributed by atoms with van der Waals surface area (Å²) in [5.41, 5.74) is 0.909. The maximum absolute atomic E-state index is 11.7.